The van der Waals surface area contributed by atoms with Crippen LogP contribution in [0.2, 0.25) is 0 Å². The summed E-state index contributed by atoms with van der Waals surface area (Å²) in [6, 6.07) is 20.1. The number of benzene rings is 3. The lowest BCUT2D eigenvalue weighted by Gasteiger charge is -2.14. The highest BCUT2D eigenvalue weighted by Crippen LogP contribution is 2.25. The van der Waals surface area contributed by atoms with Crippen LogP contribution in [0.3, 0.4) is 0 Å². The fraction of sp³-hybridized carbons (Fsp3) is 0.423. The average Bonchev–Trinajstić information content (AvgIpc) is 2.69. The van der Waals surface area contributed by atoms with Gasteiger partial charge in [0.1, 0.15) is 0 Å². The average molecular weight is 377 g/mol. The van der Waals surface area contributed by atoms with Gasteiger partial charge in [0.15, 0.2) is 0 Å². The number of hydrogen-bond acceptors (Lipinski definition) is 2. The Kier molecular flexibility index (Phi) is 7.08. The predicted octanol–water partition coefficient (Wildman–Crippen LogP) is 6.93. The summed E-state index contributed by atoms with van der Waals surface area (Å²) in [5.41, 5.74) is 1.43. The van der Waals surface area contributed by atoms with E-state index in [0.29, 0.717) is 18.4 Å². The molecule has 0 radical (unpaired) electrons. The molecular weight excluding hydrogens is 344 g/mol. The van der Waals surface area contributed by atoms with Crippen LogP contribution in [-0.2, 0) is 16.0 Å². The van der Waals surface area contributed by atoms with E-state index in [2.05, 4.69) is 68.4 Å². The number of aryl methyl sites for hydroxylation is 1. The third kappa shape index (κ3) is 5.82. The van der Waals surface area contributed by atoms with E-state index in [0.717, 1.165) is 12.8 Å². The van der Waals surface area contributed by atoms with Gasteiger partial charge in [0.2, 0.25) is 0 Å². The Hall–Kier alpha value is -2.35. The quantitative estimate of drug-likeness (QED) is 0.299. The van der Waals surface area contributed by atoms with Crippen molar-refractivity contribution in [3.8, 4) is 0 Å². The molecule has 2 nitrogen and oxygen atoms in total. The predicted molar refractivity (Wildman–Crippen MR) is 119 cm³/mol. The number of hydrogen-bond donors (Lipinski definition) is 0. The van der Waals surface area contributed by atoms with Crippen LogP contribution < -0.4 is 0 Å². The monoisotopic (exact) mass is 376 g/mol. The summed E-state index contributed by atoms with van der Waals surface area (Å²) in [6.07, 6.45) is 5.92. The van der Waals surface area contributed by atoms with Gasteiger partial charge in [-0.1, -0.05) is 69.2 Å². The first-order valence-electron chi connectivity index (χ1n) is 10.6. The molecule has 28 heavy (non-hydrogen) atoms. The van der Waals surface area contributed by atoms with E-state index in [1.165, 1.54) is 53.3 Å². The number of carbonyl (C=O) groups is 1. The largest absolute Gasteiger partial charge is 0.466 e. The lowest BCUT2D eigenvalue weighted by atomic mass is 9.93. The first kappa shape index (κ1) is 20.4. The molecule has 3 rings (SSSR count). The van der Waals surface area contributed by atoms with Crippen LogP contribution in [0.1, 0.15) is 52.0 Å². The fourth-order valence-corrected chi connectivity index (χ4v) is 3.86. The van der Waals surface area contributed by atoms with E-state index in [9.17, 15) is 4.79 Å². The van der Waals surface area contributed by atoms with E-state index in [1.807, 2.05) is 0 Å². The summed E-state index contributed by atoms with van der Waals surface area (Å²) >= 11 is 0. The fourth-order valence-electron chi connectivity index (χ4n) is 3.86. The highest BCUT2D eigenvalue weighted by molar-refractivity contribution is 5.98. The normalized spacial score (nSPS) is 13.5. The Labute approximate surface area is 168 Å². The number of carbonyl (C=O) groups excluding carboxylic acids is 1. The zero-order chi connectivity index (χ0) is 19.9. The smallest absolute Gasteiger partial charge is 0.302 e. The molecule has 3 aromatic carbocycles. The van der Waals surface area contributed by atoms with Crippen molar-refractivity contribution in [1.82, 2.24) is 0 Å². The zero-order valence-electron chi connectivity index (χ0n) is 17.4. The SMILES string of the molecule is CC(=O)OCC(C)CCCC(C)CCc1ccc2cc3ccccc3cc2c1. The third-order valence-corrected chi connectivity index (χ3v) is 5.66. The Balaban J connectivity index is 1.49. The number of esters is 1. The summed E-state index contributed by atoms with van der Waals surface area (Å²) in [7, 11) is 0. The Morgan fingerprint density at radius 2 is 1.46 bits per heavy atom. The van der Waals surface area contributed by atoms with Crippen molar-refractivity contribution < 1.29 is 9.53 Å². The minimum absolute atomic E-state index is 0.177. The number of fused-ring (bicyclic) bond motifs is 2. The molecule has 0 aliphatic heterocycles. The molecule has 148 valence electrons. The first-order valence-corrected chi connectivity index (χ1v) is 10.6. The van der Waals surface area contributed by atoms with Gasteiger partial charge in [0, 0.05) is 6.92 Å². The third-order valence-electron chi connectivity index (χ3n) is 5.66. The van der Waals surface area contributed by atoms with Crippen LogP contribution in [0.15, 0.2) is 54.6 Å². The summed E-state index contributed by atoms with van der Waals surface area (Å²) in [5.74, 6) is 0.989. The molecule has 0 saturated carbocycles. The molecule has 0 aliphatic rings. The van der Waals surface area contributed by atoms with Crippen molar-refractivity contribution in [2.24, 2.45) is 11.8 Å². The first-order chi connectivity index (χ1) is 13.5. The Morgan fingerprint density at radius 1 is 0.821 bits per heavy atom. The second-order valence-electron chi connectivity index (χ2n) is 8.36. The molecule has 0 N–H and O–H groups in total. The molecule has 0 aliphatic carbocycles. The van der Waals surface area contributed by atoms with Crippen molar-refractivity contribution in [1.29, 1.82) is 0 Å². The molecule has 0 saturated heterocycles. The molecule has 2 heteroatoms. The minimum atomic E-state index is -0.177. The Morgan fingerprint density at radius 3 is 2.18 bits per heavy atom. The van der Waals surface area contributed by atoms with Gasteiger partial charge in [-0.05, 0) is 70.3 Å². The number of rotatable bonds is 9. The highest BCUT2D eigenvalue weighted by atomic mass is 16.5. The van der Waals surface area contributed by atoms with Crippen molar-refractivity contribution >= 4 is 27.5 Å². The summed E-state index contributed by atoms with van der Waals surface area (Å²) in [6.45, 7) is 6.54. The van der Waals surface area contributed by atoms with Gasteiger partial charge in [-0.3, -0.25) is 4.79 Å². The van der Waals surface area contributed by atoms with Crippen molar-refractivity contribution in [3.63, 3.8) is 0 Å². The van der Waals surface area contributed by atoms with E-state index in [4.69, 9.17) is 4.74 Å². The standard InChI is InChI=1S/C26H32O2/c1-19(7-6-8-20(2)18-28-21(3)27)11-12-22-13-14-25-16-23-9-4-5-10-24(23)17-26(25)15-22/h4-5,9-10,13-17,19-20H,6-8,11-12,18H2,1-3H3. The van der Waals surface area contributed by atoms with Crippen molar-refractivity contribution in [2.45, 2.75) is 52.9 Å². The van der Waals surface area contributed by atoms with Crippen LogP contribution in [-0.4, -0.2) is 12.6 Å². The lowest BCUT2D eigenvalue weighted by molar-refractivity contribution is -0.142. The molecule has 2 unspecified atom stereocenters. The molecule has 3 aromatic rings. The van der Waals surface area contributed by atoms with Crippen molar-refractivity contribution in [3.05, 3.63) is 60.2 Å². The summed E-state index contributed by atoms with van der Waals surface area (Å²) < 4.78 is 5.09. The molecule has 0 fully saturated rings. The van der Waals surface area contributed by atoms with E-state index in [1.54, 1.807) is 0 Å². The van der Waals surface area contributed by atoms with Gasteiger partial charge in [0.25, 0.3) is 0 Å². The van der Waals surface area contributed by atoms with E-state index in [-0.39, 0.29) is 5.97 Å². The summed E-state index contributed by atoms with van der Waals surface area (Å²) in [4.78, 5) is 10.9. The zero-order valence-corrected chi connectivity index (χ0v) is 17.4. The highest BCUT2D eigenvalue weighted by Gasteiger charge is 2.08. The van der Waals surface area contributed by atoms with Gasteiger partial charge in [-0.25, -0.2) is 0 Å². The van der Waals surface area contributed by atoms with Crippen LogP contribution in [0.4, 0.5) is 0 Å². The van der Waals surface area contributed by atoms with Gasteiger partial charge >= 0.3 is 5.97 Å². The molecule has 0 amide bonds. The molecule has 2 atom stereocenters. The van der Waals surface area contributed by atoms with Gasteiger partial charge < -0.3 is 4.74 Å². The second kappa shape index (κ2) is 9.73. The second-order valence-corrected chi connectivity index (χ2v) is 8.36. The lowest BCUT2D eigenvalue weighted by Crippen LogP contribution is -2.09. The van der Waals surface area contributed by atoms with Gasteiger partial charge in [-0.2, -0.15) is 0 Å². The summed E-state index contributed by atoms with van der Waals surface area (Å²) in [5, 5.41) is 5.27. The van der Waals surface area contributed by atoms with Gasteiger partial charge in [0.05, 0.1) is 6.61 Å². The van der Waals surface area contributed by atoms with E-state index < -0.39 is 0 Å². The minimum Gasteiger partial charge on any atom is -0.466 e. The van der Waals surface area contributed by atoms with Crippen LogP contribution in [0.5, 0.6) is 0 Å². The molecule has 0 aromatic heterocycles. The molecule has 0 spiro atoms. The molecule has 0 bridgehead atoms. The maximum atomic E-state index is 10.9. The Bertz CT molecular complexity index is 928. The molecular formula is C26H32O2. The van der Waals surface area contributed by atoms with Crippen molar-refractivity contribution in [2.75, 3.05) is 6.61 Å². The number of ether oxygens (including phenoxy) is 1. The van der Waals surface area contributed by atoms with Crippen LogP contribution >= 0.6 is 0 Å². The van der Waals surface area contributed by atoms with Crippen LogP contribution in [0.25, 0.3) is 21.5 Å². The maximum absolute atomic E-state index is 10.9. The van der Waals surface area contributed by atoms with Crippen LogP contribution in [0, 0.1) is 11.8 Å². The topological polar surface area (TPSA) is 26.3 Å². The maximum Gasteiger partial charge on any atom is 0.302 e. The molecule has 0 heterocycles. The van der Waals surface area contributed by atoms with Gasteiger partial charge in [-0.15, -0.1) is 0 Å². The van der Waals surface area contributed by atoms with E-state index >= 15 is 0 Å².